The Balaban J connectivity index is 1.57. The molecule has 2 N–H and O–H groups in total. The van der Waals surface area contributed by atoms with Gasteiger partial charge in [0.05, 0.1) is 11.5 Å². The molecule has 33 heavy (non-hydrogen) atoms. The van der Waals surface area contributed by atoms with Gasteiger partial charge in [0.1, 0.15) is 0 Å². The Morgan fingerprint density at radius 3 is 2.15 bits per heavy atom. The summed E-state index contributed by atoms with van der Waals surface area (Å²) in [6.07, 6.45) is 10.5. The van der Waals surface area contributed by atoms with E-state index in [4.69, 9.17) is 0 Å². The number of carboxylic acid groups (broad SMARTS) is 1. The van der Waals surface area contributed by atoms with E-state index in [0.717, 1.165) is 38.5 Å². The zero-order chi connectivity index (χ0) is 24.2. The molecule has 0 unspecified atom stereocenters. The SMILES string of the molecule is C=C(C)[C@H]1CC[C@@]2(C(=O)O)CC[C@@]3(C)[C@@H](CC[C@H]4[C@]5(C)CC[C@@H](O)C(C)(C)[C@H]5CC[C@@]43C)[C@@H]12. The first-order valence-electron chi connectivity index (χ1n) is 13.8. The Morgan fingerprint density at radius 1 is 0.818 bits per heavy atom. The van der Waals surface area contributed by atoms with E-state index < -0.39 is 11.4 Å². The van der Waals surface area contributed by atoms with Gasteiger partial charge in [-0.3, -0.25) is 4.79 Å². The predicted molar refractivity (Wildman–Crippen MR) is 133 cm³/mol. The molecule has 5 saturated carbocycles. The molecular weight excluding hydrogens is 408 g/mol. The van der Waals surface area contributed by atoms with E-state index in [-0.39, 0.29) is 33.7 Å². The summed E-state index contributed by atoms with van der Waals surface area (Å²) in [5, 5.41) is 21.4. The van der Waals surface area contributed by atoms with Gasteiger partial charge in [-0.1, -0.05) is 46.8 Å². The number of allylic oxidation sites excluding steroid dienone is 1. The summed E-state index contributed by atoms with van der Waals surface area (Å²) in [5.41, 5.74) is 1.35. The van der Waals surface area contributed by atoms with Gasteiger partial charge in [-0.25, -0.2) is 0 Å². The quantitative estimate of drug-likeness (QED) is 0.436. The van der Waals surface area contributed by atoms with Crippen molar-refractivity contribution in [3.8, 4) is 0 Å². The molecule has 5 aliphatic rings. The van der Waals surface area contributed by atoms with Crippen LogP contribution in [0.5, 0.6) is 0 Å². The Bertz CT molecular complexity index is 861. The van der Waals surface area contributed by atoms with Crippen LogP contribution in [0.3, 0.4) is 0 Å². The van der Waals surface area contributed by atoms with Gasteiger partial charge in [0.15, 0.2) is 0 Å². The Hall–Kier alpha value is -0.830. The molecule has 0 aliphatic heterocycles. The van der Waals surface area contributed by atoms with Crippen molar-refractivity contribution in [2.45, 2.75) is 112 Å². The third-order valence-corrected chi connectivity index (χ3v) is 13.5. The van der Waals surface area contributed by atoms with Gasteiger partial charge in [0, 0.05) is 0 Å². The molecule has 5 aliphatic carbocycles. The zero-order valence-electron chi connectivity index (χ0n) is 22.0. The first-order valence-corrected chi connectivity index (χ1v) is 13.8. The van der Waals surface area contributed by atoms with Crippen molar-refractivity contribution in [1.82, 2.24) is 0 Å². The molecule has 0 radical (unpaired) electrons. The first-order chi connectivity index (χ1) is 15.3. The summed E-state index contributed by atoms with van der Waals surface area (Å²) in [5.74, 6) is 1.79. The smallest absolute Gasteiger partial charge is 0.309 e. The molecule has 0 saturated heterocycles. The van der Waals surface area contributed by atoms with E-state index in [9.17, 15) is 15.0 Å². The van der Waals surface area contributed by atoms with Crippen molar-refractivity contribution in [2.75, 3.05) is 0 Å². The van der Waals surface area contributed by atoms with Crippen LogP contribution < -0.4 is 0 Å². The minimum atomic E-state index is -0.538. The number of fused-ring (bicyclic) bond motifs is 7. The predicted octanol–water partition coefficient (Wildman–Crippen LogP) is 7.09. The average Bonchev–Trinajstić information content (AvgIpc) is 3.13. The number of aliphatic hydroxyl groups excluding tert-OH is 1. The normalized spacial score (nSPS) is 55.0. The minimum Gasteiger partial charge on any atom is -0.481 e. The third kappa shape index (κ3) is 2.75. The van der Waals surface area contributed by atoms with Gasteiger partial charge < -0.3 is 10.2 Å². The van der Waals surface area contributed by atoms with Crippen LogP contribution in [0.15, 0.2) is 12.2 Å². The summed E-state index contributed by atoms with van der Waals surface area (Å²) >= 11 is 0. The molecule has 5 rings (SSSR count). The van der Waals surface area contributed by atoms with Crippen molar-refractivity contribution in [3.63, 3.8) is 0 Å². The lowest BCUT2D eigenvalue weighted by Crippen LogP contribution is -2.67. The fourth-order valence-corrected chi connectivity index (χ4v) is 11.5. The maximum Gasteiger partial charge on any atom is 0.309 e. The number of aliphatic carboxylic acids is 1. The average molecular weight is 457 g/mol. The molecule has 0 spiro atoms. The van der Waals surface area contributed by atoms with Crippen LogP contribution in [0.4, 0.5) is 0 Å². The molecule has 5 fully saturated rings. The third-order valence-electron chi connectivity index (χ3n) is 13.5. The molecule has 186 valence electrons. The molecule has 10 atom stereocenters. The highest BCUT2D eigenvalue weighted by molar-refractivity contribution is 5.76. The summed E-state index contributed by atoms with van der Waals surface area (Å²) in [7, 11) is 0. The molecule has 0 aromatic rings. The van der Waals surface area contributed by atoms with Gasteiger partial charge in [0.2, 0.25) is 0 Å². The molecular formula is C30H48O3. The Labute approximate surface area is 201 Å². The number of hydrogen-bond acceptors (Lipinski definition) is 2. The lowest BCUT2D eigenvalue weighted by atomic mass is 9.32. The van der Waals surface area contributed by atoms with E-state index in [1.165, 1.54) is 31.3 Å². The van der Waals surface area contributed by atoms with E-state index in [2.05, 4.69) is 48.1 Å². The standard InChI is InChI=1S/C30H48O3/c1-18(2)19-10-15-30(25(32)33)17-16-28(6)20(24(19)30)8-9-22-27(5)13-12-23(31)26(3,4)21(27)11-14-29(22,28)7/h19-24,31H,1,8-17H2,2-7H3,(H,32,33)/t19-,20+,21-,22+,23-,24-,27-,28+,29+,30-/m1/s1. The summed E-state index contributed by atoms with van der Waals surface area (Å²) in [6.45, 7) is 18.8. The second kappa shape index (κ2) is 7.11. The van der Waals surface area contributed by atoms with Crippen LogP contribution in [0.2, 0.25) is 0 Å². The first kappa shape index (κ1) is 23.9. The summed E-state index contributed by atoms with van der Waals surface area (Å²) < 4.78 is 0. The number of carboxylic acids is 1. The van der Waals surface area contributed by atoms with Gasteiger partial charge in [0.25, 0.3) is 0 Å². The van der Waals surface area contributed by atoms with E-state index >= 15 is 0 Å². The molecule has 3 heteroatoms. The molecule has 0 aromatic heterocycles. The van der Waals surface area contributed by atoms with Crippen LogP contribution in [0.25, 0.3) is 0 Å². The van der Waals surface area contributed by atoms with Crippen molar-refractivity contribution < 1.29 is 15.0 Å². The number of hydrogen-bond donors (Lipinski definition) is 2. The lowest BCUT2D eigenvalue weighted by molar-refractivity contribution is -0.248. The van der Waals surface area contributed by atoms with Crippen LogP contribution in [-0.4, -0.2) is 22.3 Å². The minimum absolute atomic E-state index is 0.0202. The van der Waals surface area contributed by atoms with Crippen LogP contribution in [-0.2, 0) is 4.79 Å². The number of carbonyl (C=O) groups is 1. The highest BCUT2D eigenvalue weighted by atomic mass is 16.4. The lowest BCUT2D eigenvalue weighted by Gasteiger charge is -2.72. The summed E-state index contributed by atoms with van der Waals surface area (Å²) in [6, 6.07) is 0. The molecule has 0 aromatic carbocycles. The molecule has 0 bridgehead atoms. The van der Waals surface area contributed by atoms with Gasteiger partial charge >= 0.3 is 5.97 Å². The van der Waals surface area contributed by atoms with E-state index in [1.54, 1.807) is 0 Å². The van der Waals surface area contributed by atoms with Crippen molar-refractivity contribution >= 4 is 5.97 Å². The second-order valence-corrected chi connectivity index (χ2v) is 14.5. The Kier molecular flexibility index (Phi) is 5.15. The molecule has 0 amide bonds. The fourth-order valence-electron chi connectivity index (χ4n) is 11.5. The van der Waals surface area contributed by atoms with E-state index in [1.807, 2.05) is 0 Å². The highest BCUT2D eigenvalue weighted by Gasteiger charge is 2.71. The van der Waals surface area contributed by atoms with Gasteiger partial charge in [-0.2, -0.15) is 0 Å². The maximum absolute atomic E-state index is 12.8. The molecule has 0 heterocycles. The topological polar surface area (TPSA) is 57.5 Å². The van der Waals surface area contributed by atoms with Crippen LogP contribution in [0, 0.1) is 56.7 Å². The van der Waals surface area contributed by atoms with E-state index in [0.29, 0.717) is 23.7 Å². The largest absolute Gasteiger partial charge is 0.481 e. The fraction of sp³-hybridized carbons (Fsp3) is 0.900. The number of rotatable bonds is 2. The Morgan fingerprint density at radius 2 is 1.52 bits per heavy atom. The van der Waals surface area contributed by atoms with Crippen LogP contribution >= 0.6 is 0 Å². The second-order valence-electron chi connectivity index (χ2n) is 14.5. The summed E-state index contributed by atoms with van der Waals surface area (Å²) in [4.78, 5) is 12.8. The zero-order valence-corrected chi connectivity index (χ0v) is 22.0. The monoisotopic (exact) mass is 456 g/mol. The van der Waals surface area contributed by atoms with Crippen LogP contribution in [0.1, 0.15) is 106 Å². The van der Waals surface area contributed by atoms with Crippen molar-refractivity contribution in [2.24, 2.45) is 56.7 Å². The molecule has 3 nitrogen and oxygen atoms in total. The van der Waals surface area contributed by atoms with Gasteiger partial charge in [-0.15, -0.1) is 0 Å². The maximum atomic E-state index is 12.8. The van der Waals surface area contributed by atoms with Crippen molar-refractivity contribution in [3.05, 3.63) is 12.2 Å². The number of aliphatic hydroxyl groups is 1. The highest BCUT2D eigenvalue weighted by Crippen LogP contribution is 2.77. The van der Waals surface area contributed by atoms with Crippen molar-refractivity contribution in [1.29, 1.82) is 0 Å². The van der Waals surface area contributed by atoms with Gasteiger partial charge in [-0.05, 0) is 122 Å².